The third kappa shape index (κ3) is 4.59. The van der Waals surface area contributed by atoms with Gasteiger partial charge in [0.05, 0.1) is 17.9 Å². The van der Waals surface area contributed by atoms with Crippen LogP contribution in [0.4, 0.5) is 11.6 Å². The van der Waals surface area contributed by atoms with E-state index in [-0.39, 0.29) is 28.4 Å². The highest BCUT2D eigenvalue weighted by molar-refractivity contribution is 7.90. The third-order valence-corrected chi connectivity index (χ3v) is 8.22. The molecule has 35 heavy (non-hydrogen) atoms. The van der Waals surface area contributed by atoms with Crippen LogP contribution >= 0.6 is 0 Å². The molecule has 1 saturated heterocycles. The molecule has 0 spiro atoms. The summed E-state index contributed by atoms with van der Waals surface area (Å²) in [5.41, 5.74) is 7.56. The van der Waals surface area contributed by atoms with Crippen LogP contribution in [0.25, 0.3) is 11.3 Å². The predicted octanol–water partition coefficient (Wildman–Crippen LogP) is 2.96. The van der Waals surface area contributed by atoms with Gasteiger partial charge in [-0.2, -0.15) is 0 Å². The van der Waals surface area contributed by atoms with E-state index in [1.807, 2.05) is 29.2 Å². The van der Waals surface area contributed by atoms with Gasteiger partial charge in [0.15, 0.2) is 0 Å². The van der Waals surface area contributed by atoms with Gasteiger partial charge in [-0.05, 0) is 56.0 Å². The Morgan fingerprint density at radius 3 is 2.60 bits per heavy atom. The SMILES string of the molecule is CC1CCN(c2nc(-c3ccccc3CO)ccc2C(=O)NS(=O)(=O)c2cccnc2N)C1(C)C. The van der Waals surface area contributed by atoms with E-state index in [0.29, 0.717) is 29.5 Å². The van der Waals surface area contributed by atoms with E-state index >= 15 is 0 Å². The number of amides is 1. The summed E-state index contributed by atoms with van der Waals surface area (Å²) in [7, 11) is -4.26. The lowest BCUT2D eigenvalue weighted by Crippen LogP contribution is -2.43. The van der Waals surface area contributed by atoms with Crippen molar-refractivity contribution in [3.8, 4) is 11.3 Å². The zero-order valence-corrected chi connectivity index (χ0v) is 20.7. The Bertz CT molecular complexity index is 1370. The molecule has 1 fully saturated rings. The number of pyridine rings is 2. The summed E-state index contributed by atoms with van der Waals surface area (Å²) in [6.45, 7) is 6.80. The topological polar surface area (TPSA) is 139 Å². The van der Waals surface area contributed by atoms with Gasteiger partial charge in [0.1, 0.15) is 16.5 Å². The van der Waals surface area contributed by atoms with Gasteiger partial charge < -0.3 is 15.7 Å². The number of aliphatic hydroxyl groups is 1. The summed E-state index contributed by atoms with van der Waals surface area (Å²) < 4.78 is 27.9. The van der Waals surface area contributed by atoms with Gasteiger partial charge in [0, 0.05) is 23.8 Å². The van der Waals surface area contributed by atoms with Crippen molar-refractivity contribution in [2.75, 3.05) is 17.2 Å². The van der Waals surface area contributed by atoms with Crippen LogP contribution in [0.3, 0.4) is 0 Å². The maximum atomic E-state index is 13.3. The van der Waals surface area contributed by atoms with Crippen molar-refractivity contribution in [1.29, 1.82) is 0 Å². The van der Waals surface area contributed by atoms with E-state index in [1.54, 1.807) is 12.1 Å². The quantitative estimate of drug-likeness (QED) is 0.474. The maximum absolute atomic E-state index is 13.3. The molecule has 10 heteroatoms. The highest BCUT2D eigenvalue weighted by Crippen LogP contribution is 2.39. The Balaban J connectivity index is 1.81. The fourth-order valence-electron chi connectivity index (χ4n) is 4.36. The van der Waals surface area contributed by atoms with Crippen LogP contribution in [0.1, 0.15) is 43.1 Å². The first-order valence-corrected chi connectivity index (χ1v) is 12.8. The van der Waals surface area contributed by atoms with Gasteiger partial charge in [-0.3, -0.25) is 4.79 Å². The molecule has 1 unspecified atom stereocenters. The average molecular weight is 496 g/mol. The molecule has 4 N–H and O–H groups in total. The number of hydrogen-bond donors (Lipinski definition) is 3. The van der Waals surface area contributed by atoms with E-state index in [0.717, 1.165) is 12.0 Å². The highest BCUT2D eigenvalue weighted by atomic mass is 32.2. The van der Waals surface area contributed by atoms with Crippen LogP contribution in [-0.2, 0) is 16.6 Å². The number of nitrogens with one attached hydrogen (secondary N) is 1. The number of aliphatic hydroxyl groups excluding tert-OH is 1. The van der Waals surface area contributed by atoms with E-state index in [4.69, 9.17) is 10.7 Å². The number of carbonyl (C=O) groups is 1. The second-order valence-electron chi connectivity index (χ2n) is 9.20. The standard InChI is InChI=1S/C25H29N5O4S/c1-16-12-14-30(25(16,2)3)23-19(10-11-20(28-23)18-8-5-4-7-17(18)15-31)24(32)29-35(33,34)21-9-6-13-27-22(21)26/h4-11,13,16,31H,12,14-15H2,1-3H3,(H2,26,27)(H,29,32). The summed E-state index contributed by atoms with van der Waals surface area (Å²) >= 11 is 0. The van der Waals surface area contributed by atoms with E-state index in [9.17, 15) is 18.3 Å². The monoisotopic (exact) mass is 495 g/mol. The molecule has 0 saturated carbocycles. The molecule has 0 radical (unpaired) electrons. The molecular weight excluding hydrogens is 466 g/mol. The molecule has 1 amide bonds. The molecule has 1 aliphatic rings. The van der Waals surface area contributed by atoms with Crippen LogP contribution in [0.5, 0.6) is 0 Å². The lowest BCUT2D eigenvalue weighted by molar-refractivity contribution is 0.0981. The highest BCUT2D eigenvalue weighted by Gasteiger charge is 2.41. The van der Waals surface area contributed by atoms with Crippen molar-refractivity contribution in [2.24, 2.45) is 5.92 Å². The maximum Gasteiger partial charge on any atom is 0.268 e. The van der Waals surface area contributed by atoms with Gasteiger partial charge in [-0.1, -0.05) is 31.2 Å². The molecule has 9 nitrogen and oxygen atoms in total. The van der Waals surface area contributed by atoms with Gasteiger partial charge in [-0.25, -0.2) is 23.1 Å². The molecule has 2 aromatic heterocycles. The first-order valence-electron chi connectivity index (χ1n) is 11.3. The Labute approximate surface area is 205 Å². The van der Waals surface area contributed by atoms with Crippen molar-refractivity contribution in [3.05, 3.63) is 65.9 Å². The lowest BCUT2D eigenvalue weighted by atomic mass is 9.90. The number of rotatable bonds is 6. The van der Waals surface area contributed by atoms with Crippen molar-refractivity contribution in [3.63, 3.8) is 0 Å². The average Bonchev–Trinajstić information content (AvgIpc) is 3.10. The van der Waals surface area contributed by atoms with Crippen LogP contribution in [0.2, 0.25) is 0 Å². The van der Waals surface area contributed by atoms with Gasteiger partial charge in [0.25, 0.3) is 15.9 Å². The number of nitrogens with zero attached hydrogens (tertiary/aromatic N) is 3. The van der Waals surface area contributed by atoms with E-state index in [1.165, 1.54) is 18.3 Å². The minimum atomic E-state index is -4.26. The summed E-state index contributed by atoms with van der Waals surface area (Å²) in [4.78, 5) is 23.7. The Morgan fingerprint density at radius 1 is 1.20 bits per heavy atom. The first-order chi connectivity index (χ1) is 16.6. The molecule has 1 aliphatic heterocycles. The molecular formula is C25H29N5O4S. The van der Waals surface area contributed by atoms with Gasteiger partial charge in [-0.15, -0.1) is 0 Å². The molecule has 1 aromatic carbocycles. The number of nitrogens with two attached hydrogens (primary N) is 1. The summed E-state index contributed by atoms with van der Waals surface area (Å²) in [6.07, 6.45) is 2.27. The van der Waals surface area contributed by atoms with Crippen molar-refractivity contribution < 1.29 is 18.3 Å². The van der Waals surface area contributed by atoms with Crippen LogP contribution in [-0.4, -0.2) is 41.5 Å². The van der Waals surface area contributed by atoms with E-state index in [2.05, 4.69) is 30.5 Å². The second kappa shape index (κ2) is 9.27. The summed E-state index contributed by atoms with van der Waals surface area (Å²) in [6, 6.07) is 13.3. The van der Waals surface area contributed by atoms with Crippen molar-refractivity contribution >= 4 is 27.6 Å². The largest absolute Gasteiger partial charge is 0.392 e. The fourth-order valence-corrected chi connectivity index (χ4v) is 5.41. The Hall–Kier alpha value is -3.50. The van der Waals surface area contributed by atoms with Gasteiger partial charge in [0.2, 0.25) is 0 Å². The van der Waals surface area contributed by atoms with Crippen LogP contribution < -0.4 is 15.4 Å². The number of carbonyl (C=O) groups excluding carboxylic acids is 1. The number of anilines is 2. The third-order valence-electron chi connectivity index (χ3n) is 6.84. The number of sulfonamides is 1. The zero-order chi connectivity index (χ0) is 25.4. The number of aromatic nitrogens is 2. The summed E-state index contributed by atoms with van der Waals surface area (Å²) in [5, 5.41) is 9.80. The molecule has 3 heterocycles. The van der Waals surface area contributed by atoms with Crippen LogP contribution in [0.15, 0.2) is 59.6 Å². The molecule has 0 aliphatic carbocycles. The molecule has 3 aromatic rings. The molecule has 184 valence electrons. The second-order valence-corrected chi connectivity index (χ2v) is 10.9. The summed E-state index contributed by atoms with van der Waals surface area (Å²) in [5.74, 6) is -0.298. The van der Waals surface area contributed by atoms with E-state index < -0.39 is 15.9 Å². The normalized spacial score (nSPS) is 17.4. The van der Waals surface area contributed by atoms with Crippen LogP contribution in [0, 0.1) is 5.92 Å². The lowest BCUT2D eigenvalue weighted by Gasteiger charge is -2.36. The van der Waals surface area contributed by atoms with Crippen molar-refractivity contribution in [2.45, 2.75) is 44.2 Å². The minimum absolute atomic E-state index is 0.128. The Kier molecular flexibility index (Phi) is 6.52. The Morgan fingerprint density at radius 2 is 1.94 bits per heavy atom. The predicted molar refractivity (Wildman–Crippen MR) is 134 cm³/mol. The first kappa shape index (κ1) is 24.6. The van der Waals surface area contributed by atoms with Crippen molar-refractivity contribution in [1.82, 2.24) is 14.7 Å². The fraction of sp³-hybridized carbons (Fsp3) is 0.320. The molecule has 1 atom stereocenters. The molecule has 4 rings (SSSR count). The smallest absolute Gasteiger partial charge is 0.268 e. The van der Waals surface area contributed by atoms with Gasteiger partial charge >= 0.3 is 0 Å². The zero-order valence-electron chi connectivity index (χ0n) is 19.9. The number of nitrogen functional groups attached to an aromatic ring is 1. The number of benzene rings is 1. The minimum Gasteiger partial charge on any atom is -0.392 e. The number of hydrogen-bond acceptors (Lipinski definition) is 8. The molecule has 0 bridgehead atoms.